The minimum Gasteiger partial charge on any atom is -0.384 e. The molecule has 9 heavy (non-hydrogen) atoms. The van der Waals surface area contributed by atoms with Crippen molar-refractivity contribution in [3.63, 3.8) is 0 Å². The van der Waals surface area contributed by atoms with Crippen molar-refractivity contribution in [2.45, 2.75) is 6.42 Å². The predicted octanol–water partition coefficient (Wildman–Crippen LogP) is 0.570. The fraction of sp³-hybridized carbons (Fsp3) is 0.833. The number of ether oxygens (including phenoxy) is 1. The summed E-state index contributed by atoms with van der Waals surface area (Å²) in [5, 5.41) is 3.11. The van der Waals surface area contributed by atoms with Crippen molar-refractivity contribution >= 4 is 17.2 Å². The van der Waals surface area contributed by atoms with Gasteiger partial charge < -0.3 is 10.1 Å². The van der Waals surface area contributed by atoms with Gasteiger partial charge in [-0.1, -0.05) is 12.2 Å². The molecule has 0 aromatic carbocycles. The molecule has 1 unspecified atom stereocenters. The lowest BCUT2D eigenvalue weighted by Gasteiger charge is -2.04. The Balaban J connectivity index is 2.31. The van der Waals surface area contributed by atoms with Crippen LogP contribution in [0.25, 0.3) is 0 Å². The molecule has 3 heteroatoms. The van der Waals surface area contributed by atoms with Crippen LogP contribution in [0.15, 0.2) is 0 Å². The lowest BCUT2D eigenvalue weighted by Crippen LogP contribution is -2.19. The van der Waals surface area contributed by atoms with Gasteiger partial charge in [-0.05, 0) is 6.42 Å². The first-order valence-corrected chi connectivity index (χ1v) is 3.52. The van der Waals surface area contributed by atoms with Gasteiger partial charge in [0.15, 0.2) is 0 Å². The SMILES string of the molecule is COCC1CCNC1=S. The van der Waals surface area contributed by atoms with E-state index in [2.05, 4.69) is 5.32 Å². The Morgan fingerprint density at radius 1 is 1.89 bits per heavy atom. The first-order valence-electron chi connectivity index (χ1n) is 3.11. The molecule has 0 saturated carbocycles. The zero-order valence-electron chi connectivity index (χ0n) is 5.52. The molecule has 1 aliphatic rings. The van der Waals surface area contributed by atoms with E-state index >= 15 is 0 Å². The van der Waals surface area contributed by atoms with Gasteiger partial charge in [0.1, 0.15) is 0 Å². The summed E-state index contributed by atoms with van der Waals surface area (Å²) in [5.74, 6) is 0.477. The fourth-order valence-corrected chi connectivity index (χ4v) is 1.29. The molecule has 52 valence electrons. The van der Waals surface area contributed by atoms with E-state index in [1.54, 1.807) is 7.11 Å². The van der Waals surface area contributed by atoms with E-state index < -0.39 is 0 Å². The third-order valence-electron chi connectivity index (χ3n) is 1.53. The van der Waals surface area contributed by atoms with E-state index in [1.165, 1.54) is 0 Å². The molecule has 0 aromatic rings. The van der Waals surface area contributed by atoms with Crippen LogP contribution in [0.4, 0.5) is 0 Å². The van der Waals surface area contributed by atoms with Crippen molar-refractivity contribution in [3.05, 3.63) is 0 Å². The summed E-state index contributed by atoms with van der Waals surface area (Å²) in [7, 11) is 1.71. The first-order chi connectivity index (χ1) is 4.34. The molecule has 2 nitrogen and oxygen atoms in total. The summed E-state index contributed by atoms with van der Waals surface area (Å²) in [5.41, 5.74) is 0. The normalized spacial score (nSPS) is 26.3. The largest absolute Gasteiger partial charge is 0.384 e. The Morgan fingerprint density at radius 3 is 3.11 bits per heavy atom. The van der Waals surface area contributed by atoms with Crippen molar-refractivity contribution in [2.75, 3.05) is 20.3 Å². The molecule has 0 aromatic heterocycles. The van der Waals surface area contributed by atoms with Crippen molar-refractivity contribution in [2.24, 2.45) is 5.92 Å². The van der Waals surface area contributed by atoms with Crippen LogP contribution in [0.5, 0.6) is 0 Å². The lowest BCUT2D eigenvalue weighted by atomic mass is 10.1. The Hall–Kier alpha value is -0.150. The minimum absolute atomic E-state index is 0.477. The van der Waals surface area contributed by atoms with Gasteiger partial charge in [-0.3, -0.25) is 0 Å². The summed E-state index contributed by atoms with van der Waals surface area (Å²) in [6.45, 7) is 1.79. The maximum absolute atomic E-state index is 5.01. The highest BCUT2D eigenvalue weighted by Gasteiger charge is 2.19. The zero-order chi connectivity index (χ0) is 6.69. The average molecular weight is 145 g/mol. The fourth-order valence-electron chi connectivity index (χ4n) is 1.01. The number of methoxy groups -OCH3 is 1. The van der Waals surface area contributed by atoms with Gasteiger partial charge in [0, 0.05) is 19.6 Å². The van der Waals surface area contributed by atoms with Crippen LogP contribution in [0.3, 0.4) is 0 Å². The van der Waals surface area contributed by atoms with Gasteiger partial charge in [-0.25, -0.2) is 0 Å². The standard InChI is InChI=1S/C6H11NOS/c1-8-4-5-2-3-7-6(5)9/h5H,2-4H2,1H3,(H,7,9). The lowest BCUT2D eigenvalue weighted by molar-refractivity contribution is 0.177. The second kappa shape index (κ2) is 3.13. The summed E-state index contributed by atoms with van der Waals surface area (Å²) < 4.78 is 4.97. The second-order valence-electron chi connectivity index (χ2n) is 2.23. The Bertz CT molecular complexity index is 116. The molecule has 0 bridgehead atoms. The van der Waals surface area contributed by atoms with Crippen LogP contribution in [-0.2, 0) is 4.74 Å². The van der Waals surface area contributed by atoms with Crippen LogP contribution < -0.4 is 5.32 Å². The Morgan fingerprint density at radius 2 is 2.67 bits per heavy atom. The highest BCUT2D eigenvalue weighted by Crippen LogP contribution is 2.10. The summed E-state index contributed by atoms with van der Waals surface area (Å²) >= 11 is 5.01. The molecule has 1 N–H and O–H groups in total. The highest BCUT2D eigenvalue weighted by molar-refractivity contribution is 7.80. The van der Waals surface area contributed by atoms with E-state index in [4.69, 9.17) is 17.0 Å². The van der Waals surface area contributed by atoms with Crippen LogP contribution >= 0.6 is 12.2 Å². The molecule has 0 spiro atoms. The summed E-state index contributed by atoms with van der Waals surface area (Å²) in [6.07, 6.45) is 1.13. The van der Waals surface area contributed by atoms with Gasteiger partial charge >= 0.3 is 0 Å². The van der Waals surface area contributed by atoms with Gasteiger partial charge in [0.05, 0.1) is 11.6 Å². The molecule has 0 amide bonds. The van der Waals surface area contributed by atoms with E-state index in [0.717, 1.165) is 24.6 Å². The predicted molar refractivity (Wildman–Crippen MR) is 40.6 cm³/mol. The van der Waals surface area contributed by atoms with Crippen LogP contribution in [0.1, 0.15) is 6.42 Å². The van der Waals surface area contributed by atoms with Gasteiger partial charge in [-0.2, -0.15) is 0 Å². The summed E-state index contributed by atoms with van der Waals surface area (Å²) in [6, 6.07) is 0. The van der Waals surface area contributed by atoms with Crippen LogP contribution in [-0.4, -0.2) is 25.2 Å². The molecule has 1 rings (SSSR count). The average Bonchev–Trinajstić information content (AvgIpc) is 2.18. The third-order valence-corrected chi connectivity index (χ3v) is 2.01. The number of nitrogens with one attached hydrogen (secondary N) is 1. The molecular weight excluding hydrogens is 134 g/mol. The van der Waals surface area contributed by atoms with Crippen LogP contribution in [0, 0.1) is 5.92 Å². The Labute approximate surface area is 60.6 Å². The van der Waals surface area contributed by atoms with Crippen molar-refractivity contribution in [1.29, 1.82) is 0 Å². The highest BCUT2D eigenvalue weighted by atomic mass is 32.1. The van der Waals surface area contributed by atoms with Crippen LogP contribution in [0.2, 0.25) is 0 Å². The molecule has 1 atom stereocenters. The topological polar surface area (TPSA) is 21.3 Å². The maximum atomic E-state index is 5.01. The van der Waals surface area contributed by atoms with Crippen molar-refractivity contribution < 1.29 is 4.74 Å². The molecular formula is C6H11NOS. The smallest absolute Gasteiger partial charge is 0.0808 e. The number of rotatable bonds is 2. The Kier molecular flexibility index (Phi) is 2.42. The minimum atomic E-state index is 0.477. The van der Waals surface area contributed by atoms with E-state index in [9.17, 15) is 0 Å². The zero-order valence-corrected chi connectivity index (χ0v) is 6.33. The summed E-state index contributed by atoms with van der Waals surface area (Å²) in [4.78, 5) is 0.969. The monoisotopic (exact) mass is 145 g/mol. The molecule has 1 fully saturated rings. The van der Waals surface area contributed by atoms with Crippen molar-refractivity contribution in [1.82, 2.24) is 5.32 Å². The maximum Gasteiger partial charge on any atom is 0.0808 e. The van der Waals surface area contributed by atoms with E-state index in [-0.39, 0.29) is 0 Å². The molecule has 1 saturated heterocycles. The molecule has 1 aliphatic heterocycles. The van der Waals surface area contributed by atoms with E-state index in [0.29, 0.717) is 5.92 Å². The second-order valence-corrected chi connectivity index (χ2v) is 2.67. The van der Waals surface area contributed by atoms with Crippen molar-refractivity contribution in [3.8, 4) is 0 Å². The third kappa shape index (κ3) is 1.63. The molecule has 0 aliphatic carbocycles. The molecule has 1 heterocycles. The molecule has 0 radical (unpaired) electrons. The van der Waals surface area contributed by atoms with Gasteiger partial charge in [0.2, 0.25) is 0 Å². The number of hydrogen-bond donors (Lipinski definition) is 1. The first kappa shape index (κ1) is 6.96. The quantitative estimate of drug-likeness (QED) is 0.574. The number of hydrogen-bond acceptors (Lipinski definition) is 2. The van der Waals surface area contributed by atoms with Gasteiger partial charge in [0.25, 0.3) is 0 Å². The van der Waals surface area contributed by atoms with E-state index in [1.807, 2.05) is 0 Å². The number of thiocarbonyl (C=S) groups is 1. The van der Waals surface area contributed by atoms with Gasteiger partial charge in [-0.15, -0.1) is 0 Å².